The molecule has 2 fully saturated rings. The highest BCUT2D eigenvalue weighted by molar-refractivity contribution is 7.80. The van der Waals surface area contributed by atoms with Gasteiger partial charge in [0.2, 0.25) is 0 Å². The molecule has 34 heavy (non-hydrogen) atoms. The standard InChI is InChI=1S/C28H36N4OS/c1-19(2)33-27-9-4-3-8-26(27)31-28(34)30-21-11-13-25-23(17-21)24(18-29-25)20-10-12-22-7-5-6-15-32(22)16-14-20/h3-4,8-9,11,13,17-20,22,29H,5-7,10,12,14-16H2,1-2H3,(H2,30,31,34). The molecule has 0 spiro atoms. The quantitative estimate of drug-likeness (QED) is 0.350. The van der Waals surface area contributed by atoms with Crippen LogP contribution in [0.25, 0.3) is 10.9 Å². The third-order valence-electron chi connectivity index (χ3n) is 7.27. The highest BCUT2D eigenvalue weighted by Gasteiger charge is 2.28. The van der Waals surface area contributed by atoms with Gasteiger partial charge in [-0.15, -0.1) is 0 Å². The first-order chi connectivity index (χ1) is 16.6. The molecule has 2 saturated heterocycles. The maximum atomic E-state index is 5.91. The molecule has 180 valence electrons. The van der Waals surface area contributed by atoms with Crippen molar-refractivity contribution in [3.05, 3.63) is 54.2 Å². The Balaban J connectivity index is 1.30. The van der Waals surface area contributed by atoms with Crippen LogP contribution in [0.5, 0.6) is 5.75 Å². The van der Waals surface area contributed by atoms with Gasteiger partial charge in [-0.1, -0.05) is 18.6 Å². The van der Waals surface area contributed by atoms with E-state index in [0.717, 1.165) is 23.2 Å². The zero-order valence-electron chi connectivity index (χ0n) is 20.3. The first-order valence-corrected chi connectivity index (χ1v) is 13.2. The van der Waals surface area contributed by atoms with Gasteiger partial charge in [-0.3, -0.25) is 0 Å². The lowest BCUT2D eigenvalue weighted by molar-refractivity contribution is 0.151. The molecule has 0 radical (unpaired) electrons. The largest absolute Gasteiger partial charge is 0.489 e. The molecule has 3 heterocycles. The first-order valence-electron chi connectivity index (χ1n) is 12.8. The van der Waals surface area contributed by atoms with Gasteiger partial charge in [0.25, 0.3) is 0 Å². The van der Waals surface area contributed by atoms with Crippen LogP contribution in [0, 0.1) is 0 Å². The fraction of sp³-hybridized carbons (Fsp3) is 0.464. The zero-order chi connectivity index (χ0) is 23.5. The van der Waals surface area contributed by atoms with Crippen molar-refractivity contribution in [1.29, 1.82) is 0 Å². The molecule has 1 aromatic heterocycles. The van der Waals surface area contributed by atoms with Crippen molar-refractivity contribution in [2.45, 2.75) is 70.4 Å². The Morgan fingerprint density at radius 3 is 2.79 bits per heavy atom. The number of nitrogens with zero attached hydrogens (tertiary/aromatic N) is 1. The third kappa shape index (κ3) is 5.23. The first kappa shape index (κ1) is 23.2. The minimum atomic E-state index is 0.101. The summed E-state index contributed by atoms with van der Waals surface area (Å²) in [4.78, 5) is 6.25. The number of ether oxygens (including phenoxy) is 1. The van der Waals surface area contributed by atoms with Gasteiger partial charge < -0.3 is 25.3 Å². The molecule has 6 heteroatoms. The van der Waals surface area contributed by atoms with Crippen LogP contribution < -0.4 is 15.4 Å². The molecule has 2 aliphatic rings. The Kier molecular flexibility index (Phi) is 7.07. The number of anilines is 2. The number of piperidine rings is 1. The number of nitrogens with one attached hydrogen (secondary N) is 3. The van der Waals surface area contributed by atoms with Crippen LogP contribution >= 0.6 is 12.2 Å². The molecular weight excluding hydrogens is 440 g/mol. The van der Waals surface area contributed by atoms with E-state index >= 15 is 0 Å². The van der Waals surface area contributed by atoms with Crippen molar-refractivity contribution in [1.82, 2.24) is 9.88 Å². The summed E-state index contributed by atoms with van der Waals surface area (Å²) >= 11 is 5.64. The van der Waals surface area contributed by atoms with Gasteiger partial charge in [-0.25, -0.2) is 0 Å². The van der Waals surface area contributed by atoms with Crippen LogP contribution in [-0.2, 0) is 0 Å². The van der Waals surface area contributed by atoms with Crippen molar-refractivity contribution in [3.63, 3.8) is 0 Å². The number of rotatable bonds is 5. The lowest BCUT2D eigenvalue weighted by atomic mass is 9.90. The number of hydrogen-bond donors (Lipinski definition) is 3. The van der Waals surface area contributed by atoms with E-state index in [1.165, 1.54) is 68.1 Å². The molecule has 2 aromatic carbocycles. The molecular formula is C28H36N4OS. The topological polar surface area (TPSA) is 52.3 Å². The molecule has 2 unspecified atom stereocenters. The van der Waals surface area contributed by atoms with E-state index in [1.807, 2.05) is 38.1 Å². The smallest absolute Gasteiger partial charge is 0.175 e. The molecule has 2 aliphatic heterocycles. The van der Waals surface area contributed by atoms with Gasteiger partial charge in [0.15, 0.2) is 5.11 Å². The predicted octanol–water partition coefficient (Wildman–Crippen LogP) is 6.89. The third-order valence-corrected chi connectivity index (χ3v) is 7.48. The van der Waals surface area contributed by atoms with Crippen molar-refractivity contribution < 1.29 is 4.74 Å². The normalized spacial score (nSPS) is 21.1. The average molecular weight is 477 g/mol. The molecule has 5 nitrogen and oxygen atoms in total. The Morgan fingerprint density at radius 2 is 1.91 bits per heavy atom. The SMILES string of the molecule is CC(C)Oc1ccccc1NC(=S)Nc1ccc2[nH]cc(C3CCC4CCCCN4CC3)c2c1. The van der Waals surface area contributed by atoms with E-state index < -0.39 is 0 Å². The van der Waals surface area contributed by atoms with Crippen LogP contribution in [0.15, 0.2) is 48.7 Å². The maximum Gasteiger partial charge on any atom is 0.175 e. The van der Waals surface area contributed by atoms with E-state index in [9.17, 15) is 0 Å². The van der Waals surface area contributed by atoms with E-state index in [0.29, 0.717) is 11.0 Å². The number of para-hydroxylation sites is 2. The molecule has 0 amide bonds. The number of fused-ring (bicyclic) bond motifs is 2. The second kappa shape index (κ2) is 10.4. The average Bonchev–Trinajstić information content (AvgIpc) is 3.11. The molecule has 5 rings (SSSR count). The number of benzene rings is 2. The summed E-state index contributed by atoms with van der Waals surface area (Å²) in [6, 6.07) is 15.2. The van der Waals surface area contributed by atoms with E-state index in [2.05, 4.69) is 44.9 Å². The minimum Gasteiger partial charge on any atom is -0.489 e. The van der Waals surface area contributed by atoms with Crippen molar-refractivity contribution in [2.24, 2.45) is 0 Å². The second-order valence-electron chi connectivity index (χ2n) is 9.99. The van der Waals surface area contributed by atoms with Crippen molar-refractivity contribution in [3.8, 4) is 5.75 Å². The van der Waals surface area contributed by atoms with Gasteiger partial charge in [0.1, 0.15) is 5.75 Å². The Labute approximate surface area is 208 Å². The lowest BCUT2D eigenvalue weighted by Gasteiger charge is -2.33. The summed E-state index contributed by atoms with van der Waals surface area (Å²) in [7, 11) is 0. The highest BCUT2D eigenvalue weighted by Crippen LogP contribution is 2.37. The molecule has 3 aromatic rings. The van der Waals surface area contributed by atoms with Gasteiger partial charge >= 0.3 is 0 Å². The monoisotopic (exact) mass is 476 g/mol. The van der Waals surface area contributed by atoms with Crippen LogP contribution in [0.1, 0.15) is 63.9 Å². The second-order valence-corrected chi connectivity index (χ2v) is 10.4. The van der Waals surface area contributed by atoms with Gasteiger partial charge in [0.05, 0.1) is 11.8 Å². The molecule has 0 saturated carbocycles. The fourth-order valence-corrected chi connectivity index (χ4v) is 5.85. The van der Waals surface area contributed by atoms with Crippen molar-refractivity contribution >= 4 is 39.6 Å². The number of aromatic amines is 1. The van der Waals surface area contributed by atoms with Gasteiger partial charge in [-0.05, 0) is 113 Å². The zero-order valence-corrected chi connectivity index (χ0v) is 21.1. The molecule has 0 bridgehead atoms. The summed E-state index contributed by atoms with van der Waals surface area (Å²) < 4.78 is 5.91. The Bertz CT molecular complexity index is 1120. The van der Waals surface area contributed by atoms with Crippen LogP contribution in [0.4, 0.5) is 11.4 Å². The van der Waals surface area contributed by atoms with Gasteiger partial charge in [-0.2, -0.15) is 0 Å². The maximum absolute atomic E-state index is 5.91. The summed E-state index contributed by atoms with van der Waals surface area (Å²) in [6.07, 6.45) is 10.3. The van der Waals surface area contributed by atoms with Crippen molar-refractivity contribution in [2.75, 3.05) is 23.7 Å². The van der Waals surface area contributed by atoms with E-state index in [4.69, 9.17) is 17.0 Å². The number of H-pyrrole nitrogens is 1. The van der Waals surface area contributed by atoms with E-state index in [1.54, 1.807) is 0 Å². The summed E-state index contributed by atoms with van der Waals surface area (Å²) in [5.74, 6) is 1.41. The Hall–Kier alpha value is -2.57. The van der Waals surface area contributed by atoms with Crippen LogP contribution in [0.2, 0.25) is 0 Å². The molecule has 2 atom stereocenters. The lowest BCUT2D eigenvalue weighted by Crippen LogP contribution is -2.38. The summed E-state index contributed by atoms with van der Waals surface area (Å²) in [5, 5.41) is 8.55. The predicted molar refractivity (Wildman–Crippen MR) is 146 cm³/mol. The number of thiocarbonyl (C=S) groups is 1. The minimum absolute atomic E-state index is 0.101. The summed E-state index contributed by atoms with van der Waals surface area (Å²) in [6.45, 7) is 6.56. The summed E-state index contributed by atoms with van der Waals surface area (Å²) in [5.41, 5.74) is 4.51. The molecule has 3 N–H and O–H groups in total. The number of aromatic nitrogens is 1. The van der Waals surface area contributed by atoms with Crippen LogP contribution in [0.3, 0.4) is 0 Å². The highest BCUT2D eigenvalue weighted by atomic mass is 32.1. The van der Waals surface area contributed by atoms with Gasteiger partial charge in [0, 0.05) is 28.8 Å². The Morgan fingerprint density at radius 1 is 1.03 bits per heavy atom. The number of hydrogen-bond acceptors (Lipinski definition) is 3. The van der Waals surface area contributed by atoms with E-state index in [-0.39, 0.29) is 6.10 Å². The molecule has 0 aliphatic carbocycles. The fourth-order valence-electron chi connectivity index (χ4n) is 5.62. The van der Waals surface area contributed by atoms with Crippen LogP contribution in [-0.4, -0.2) is 40.2 Å².